The minimum absolute atomic E-state index is 0.0831. The smallest absolute Gasteiger partial charge is 0.119 e. The van der Waals surface area contributed by atoms with Crippen LogP contribution in [0.1, 0.15) is 42.6 Å². The van der Waals surface area contributed by atoms with E-state index in [4.69, 9.17) is 26.2 Å². The predicted octanol–water partition coefficient (Wildman–Crippen LogP) is 3.51. The fraction of sp³-hybridized carbons (Fsp3) is 0.455. The van der Waals surface area contributed by atoms with Crippen LogP contribution in [0.4, 0.5) is 0 Å². The van der Waals surface area contributed by atoms with E-state index in [9.17, 15) is 10.2 Å². The molecule has 5 nitrogen and oxygen atoms in total. The number of benzene rings is 2. The van der Waals surface area contributed by atoms with Crippen molar-refractivity contribution < 1.29 is 24.8 Å². The molecule has 2 aromatic carbocycles. The summed E-state index contributed by atoms with van der Waals surface area (Å²) in [6.07, 6.45) is 0.690. The summed E-state index contributed by atoms with van der Waals surface area (Å²) < 4.78 is 11.4. The molecule has 0 radical (unpaired) electrons. The van der Waals surface area contributed by atoms with Gasteiger partial charge >= 0.3 is 0 Å². The van der Waals surface area contributed by atoms with E-state index >= 15 is 0 Å². The normalized spacial score (nSPS) is 21.6. The van der Waals surface area contributed by atoms with Crippen molar-refractivity contribution in [2.75, 3.05) is 20.3 Å². The molecule has 0 spiro atoms. The van der Waals surface area contributed by atoms with Crippen molar-refractivity contribution in [1.29, 1.82) is 0 Å². The van der Waals surface area contributed by atoms with Gasteiger partial charge in [-0.25, -0.2) is 0 Å². The molecule has 28 heavy (non-hydrogen) atoms. The standard InChI is InChI=1S/C21H25ClO4.CH4O/c1-2-25-18-6-3-14(4-7-18)9-16-10-15(5-8-20(16)22)21-12-17(24)11-19(13-23)26-21;1-2/h3-8,10,17,19,21,23-24H,2,9,11-13H2,1H3;2H,1H3/t17?,19?,21-;/m1./s1. The molecule has 6 heteroatoms. The molecule has 3 atom stereocenters. The maximum absolute atomic E-state index is 10.0. The minimum Gasteiger partial charge on any atom is -0.494 e. The third kappa shape index (κ3) is 6.19. The van der Waals surface area contributed by atoms with E-state index in [1.165, 1.54) is 0 Å². The van der Waals surface area contributed by atoms with Gasteiger partial charge in [-0.05, 0) is 48.2 Å². The molecule has 154 valence electrons. The molecular weight excluding hydrogens is 380 g/mol. The Morgan fingerprint density at radius 3 is 2.46 bits per heavy atom. The summed E-state index contributed by atoms with van der Waals surface area (Å²) in [5, 5.41) is 27.1. The van der Waals surface area contributed by atoms with Crippen LogP contribution in [0.3, 0.4) is 0 Å². The van der Waals surface area contributed by atoms with Crippen LogP contribution in [0.2, 0.25) is 5.02 Å². The Morgan fingerprint density at radius 2 is 1.82 bits per heavy atom. The molecule has 0 saturated carbocycles. The number of ether oxygens (including phenoxy) is 2. The summed E-state index contributed by atoms with van der Waals surface area (Å²) in [5.74, 6) is 0.857. The van der Waals surface area contributed by atoms with Crippen molar-refractivity contribution in [3.05, 3.63) is 64.2 Å². The van der Waals surface area contributed by atoms with Crippen molar-refractivity contribution in [3.8, 4) is 5.75 Å². The van der Waals surface area contributed by atoms with Gasteiger partial charge in [-0.1, -0.05) is 35.9 Å². The first-order valence-electron chi connectivity index (χ1n) is 9.48. The summed E-state index contributed by atoms with van der Waals surface area (Å²) in [7, 11) is 1.00. The molecule has 0 amide bonds. The van der Waals surface area contributed by atoms with E-state index < -0.39 is 6.10 Å². The summed E-state index contributed by atoms with van der Waals surface area (Å²) >= 11 is 6.40. The average Bonchev–Trinajstić information content (AvgIpc) is 2.72. The van der Waals surface area contributed by atoms with E-state index in [2.05, 4.69) is 0 Å². The van der Waals surface area contributed by atoms with Crippen molar-refractivity contribution in [3.63, 3.8) is 0 Å². The molecular formula is C22H29ClO5. The average molecular weight is 409 g/mol. The number of halogens is 1. The summed E-state index contributed by atoms with van der Waals surface area (Å²) in [6.45, 7) is 2.53. The first-order valence-corrected chi connectivity index (χ1v) is 9.86. The fourth-order valence-electron chi connectivity index (χ4n) is 3.34. The quantitative estimate of drug-likeness (QED) is 0.681. The molecule has 1 aliphatic rings. The fourth-order valence-corrected chi connectivity index (χ4v) is 3.53. The Kier molecular flexibility index (Phi) is 9.22. The Balaban J connectivity index is 0.00000136. The van der Waals surface area contributed by atoms with Crippen LogP contribution in [0.5, 0.6) is 5.75 Å². The van der Waals surface area contributed by atoms with Crippen LogP contribution >= 0.6 is 11.6 Å². The highest BCUT2D eigenvalue weighted by Crippen LogP contribution is 2.33. The van der Waals surface area contributed by atoms with Crippen LogP contribution in [0.25, 0.3) is 0 Å². The van der Waals surface area contributed by atoms with Crippen molar-refractivity contribution in [2.45, 2.75) is 44.5 Å². The molecule has 0 aliphatic carbocycles. The molecule has 1 aliphatic heterocycles. The predicted molar refractivity (Wildman–Crippen MR) is 110 cm³/mol. The van der Waals surface area contributed by atoms with Gasteiger partial charge < -0.3 is 24.8 Å². The number of rotatable bonds is 6. The van der Waals surface area contributed by atoms with Crippen molar-refractivity contribution in [2.24, 2.45) is 0 Å². The lowest BCUT2D eigenvalue weighted by Crippen LogP contribution is -2.33. The number of aliphatic hydroxyl groups excluding tert-OH is 3. The molecule has 1 heterocycles. The summed E-state index contributed by atoms with van der Waals surface area (Å²) in [4.78, 5) is 0. The van der Waals surface area contributed by atoms with E-state index in [0.29, 0.717) is 30.9 Å². The van der Waals surface area contributed by atoms with E-state index in [-0.39, 0.29) is 18.8 Å². The van der Waals surface area contributed by atoms with Gasteiger partial charge in [0.25, 0.3) is 0 Å². The first kappa shape index (κ1) is 22.7. The maximum Gasteiger partial charge on any atom is 0.119 e. The molecule has 2 aromatic rings. The molecule has 2 unspecified atom stereocenters. The van der Waals surface area contributed by atoms with Crippen molar-refractivity contribution >= 4 is 11.6 Å². The van der Waals surface area contributed by atoms with E-state index in [1.807, 2.05) is 49.4 Å². The Morgan fingerprint density at radius 1 is 1.11 bits per heavy atom. The van der Waals surface area contributed by atoms with Crippen LogP contribution in [0, 0.1) is 0 Å². The molecule has 1 saturated heterocycles. The Bertz CT molecular complexity index is 719. The summed E-state index contributed by atoms with van der Waals surface area (Å²) in [5.41, 5.74) is 3.13. The van der Waals surface area contributed by atoms with Gasteiger partial charge in [0, 0.05) is 25.0 Å². The molecule has 1 fully saturated rings. The zero-order valence-corrected chi connectivity index (χ0v) is 17.1. The van der Waals surface area contributed by atoms with Crippen LogP contribution in [-0.4, -0.2) is 47.9 Å². The van der Waals surface area contributed by atoms with Gasteiger partial charge in [-0.3, -0.25) is 0 Å². The van der Waals surface area contributed by atoms with Gasteiger partial charge in [0.05, 0.1) is 31.5 Å². The largest absolute Gasteiger partial charge is 0.494 e. The van der Waals surface area contributed by atoms with Crippen LogP contribution in [0.15, 0.2) is 42.5 Å². The lowest BCUT2D eigenvalue weighted by atomic mass is 9.94. The van der Waals surface area contributed by atoms with Crippen LogP contribution < -0.4 is 4.74 Å². The van der Waals surface area contributed by atoms with Gasteiger partial charge in [0.1, 0.15) is 5.75 Å². The number of hydrogen-bond acceptors (Lipinski definition) is 5. The van der Waals surface area contributed by atoms with Gasteiger partial charge in [-0.15, -0.1) is 0 Å². The first-order chi connectivity index (χ1) is 13.6. The second kappa shape index (κ2) is 11.4. The monoisotopic (exact) mass is 408 g/mol. The third-order valence-electron chi connectivity index (χ3n) is 4.65. The zero-order valence-electron chi connectivity index (χ0n) is 16.3. The van der Waals surface area contributed by atoms with Crippen LogP contribution in [-0.2, 0) is 11.2 Å². The Labute approximate surface area is 171 Å². The van der Waals surface area contributed by atoms with Gasteiger partial charge in [0.15, 0.2) is 0 Å². The van der Waals surface area contributed by atoms with Gasteiger partial charge in [-0.2, -0.15) is 0 Å². The molecule has 0 aromatic heterocycles. The molecule has 3 N–H and O–H groups in total. The highest BCUT2D eigenvalue weighted by molar-refractivity contribution is 6.31. The number of hydrogen-bond donors (Lipinski definition) is 3. The maximum atomic E-state index is 10.0. The Hall–Kier alpha value is -1.63. The lowest BCUT2D eigenvalue weighted by Gasteiger charge is -2.32. The third-order valence-corrected chi connectivity index (χ3v) is 5.02. The second-order valence-corrected chi connectivity index (χ2v) is 7.07. The highest BCUT2D eigenvalue weighted by Gasteiger charge is 2.29. The topological polar surface area (TPSA) is 79.2 Å². The van der Waals surface area contributed by atoms with E-state index in [1.54, 1.807) is 0 Å². The highest BCUT2D eigenvalue weighted by atomic mass is 35.5. The second-order valence-electron chi connectivity index (χ2n) is 6.66. The molecule has 3 rings (SSSR count). The summed E-state index contributed by atoms with van der Waals surface area (Å²) in [6, 6.07) is 13.8. The van der Waals surface area contributed by atoms with Gasteiger partial charge in [0.2, 0.25) is 0 Å². The number of aliphatic hydroxyl groups is 3. The minimum atomic E-state index is -0.462. The zero-order chi connectivity index (χ0) is 20.5. The SMILES string of the molecule is CCOc1ccc(Cc2cc([C@H]3CC(O)CC(CO)O3)ccc2Cl)cc1.CO. The lowest BCUT2D eigenvalue weighted by molar-refractivity contribution is -0.113. The molecule has 0 bridgehead atoms. The van der Waals surface area contributed by atoms with Crippen molar-refractivity contribution in [1.82, 2.24) is 0 Å². The van der Waals surface area contributed by atoms with E-state index in [0.717, 1.165) is 29.5 Å².